The molecule has 0 amide bonds. The van der Waals surface area contributed by atoms with Crippen molar-refractivity contribution in [1.82, 2.24) is 20.3 Å². The summed E-state index contributed by atoms with van der Waals surface area (Å²) in [5.41, 5.74) is 9.26. The summed E-state index contributed by atoms with van der Waals surface area (Å²) in [5, 5.41) is 7.93. The highest BCUT2D eigenvalue weighted by molar-refractivity contribution is 5.83. The standard InChI is InChI=1S/C27H31N5O/c1-5-32-24(7-6-13-28-22-9-11-26(30-18-22)27(2,3)4)16-21-15-20(8-10-25(21)32)17-29-23-12-14-33-31-19-23/h8-12,14-16,18-19,28-29,31H,5,13,17H2,1-4H3. The molecule has 0 unspecified atom stereocenters. The van der Waals surface area contributed by atoms with Crippen LogP contribution in [0.4, 0.5) is 5.69 Å². The van der Waals surface area contributed by atoms with Crippen LogP contribution < -0.4 is 16.1 Å². The Morgan fingerprint density at radius 2 is 2.00 bits per heavy atom. The number of benzene rings is 1. The van der Waals surface area contributed by atoms with Crippen molar-refractivity contribution in [1.29, 1.82) is 0 Å². The van der Waals surface area contributed by atoms with Crippen molar-refractivity contribution in [3.63, 3.8) is 0 Å². The molecule has 1 aliphatic rings. The Hall–Kier alpha value is -3.85. The number of pyridine rings is 1. The molecule has 0 fully saturated rings. The Kier molecular flexibility index (Phi) is 6.60. The molecule has 2 aromatic heterocycles. The Morgan fingerprint density at radius 1 is 1.12 bits per heavy atom. The molecule has 6 nitrogen and oxygen atoms in total. The zero-order valence-corrected chi connectivity index (χ0v) is 19.7. The van der Waals surface area contributed by atoms with E-state index in [0.717, 1.165) is 35.9 Å². The number of aromatic nitrogens is 2. The average molecular weight is 442 g/mol. The van der Waals surface area contributed by atoms with Crippen LogP contribution in [-0.4, -0.2) is 16.1 Å². The van der Waals surface area contributed by atoms with Gasteiger partial charge in [0.25, 0.3) is 0 Å². The molecule has 0 radical (unpaired) electrons. The van der Waals surface area contributed by atoms with E-state index in [4.69, 9.17) is 4.84 Å². The van der Waals surface area contributed by atoms with E-state index in [1.54, 1.807) is 12.5 Å². The second kappa shape index (κ2) is 9.74. The second-order valence-corrected chi connectivity index (χ2v) is 9.00. The number of aryl methyl sites for hydroxylation is 1. The van der Waals surface area contributed by atoms with Crippen LogP contribution in [0.2, 0.25) is 0 Å². The molecule has 3 aromatic rings. The van der Waals surface area contributed by atoms with Crippen LogP contribution >= 0.6 is 0 Å². The maximum absolute atomic E-state index is 4.95. The fourth-order valence-corrected chi connectivity index (χ4v) is 3.70. The van der Waals surface area contributed by atoms with Gasteiger partial charge in [-0.3, -0.25) is 4.98 Å². The molecule has 0 bridgehead atoms. The predicted molar refractivity (Wildman–Crippen MR) is 134 cm³/mol. The van der Waals surface area contributed by atoms with Gasteiger partial charge in [0, 0.05) is 41.2 Å². The van der Waals surface area contributed by atoms with E-state index in [0.29, 0.717) is 6.54 Å². The Labute approximate surface area is 195 Å². The highest BCUT2D eigenvalue weighted by atomic mass is 16.6. The lowest BCUT2D eigenvalue weighted by Gasteiger charge is -2.17. The van der Waals surface area contributed by atoms with Crippen molar-refractivity contribution < 1.29 is 4.84 Å². The second-order valence-electron chi connectivity index (χ2n) is 9.00. The van der Waals surface area contributed by atoms with Gasteiger partial charge in [0.2, 0.25) is 0 Å². The van der Waals surface area contributed by atoms with E-state index >= 15 is 0 Å². The topological polar surface area (TPSA) is 63.1 Å². The van der Waals surface area contributed by atoms with E-state index in [9.17, 15) is 0 Å². The molecule has 0 saturated carbocycles. The van der Waals surface area contributed by atoms with Crippen molar-refractivity contribution in [2.75, 3.05) is 11.9 Å². The van der Waals surface area contributed by atoms with Gasteiger partial charge in [-0.25, -0.2) is 5.48 Å². The molecule has 0 spiro atoms. The maximum Gasteiger partial charge on any atom is 0.121 e. The monoisotopic (exact) mass is 441 g/mol. The zero-order chi connectivity index (χ0) is 23.3. The minimum atomic E-state index is 0.0538. The number of hydroxylamine groups is 1. The quantitative estimate of drug-likeness (QED) is 0.480. The summed E-state index contributed by atoms with van der Waals surface area (Å²) in [4.78, 5) is 9.51. The molecule has 0 aliphatic carbocycles. The lowest BCUT2D eigenvalue weighted by Crippen LogP contribution is -2.17. The van der Waals surface area contributed by atoms with Crippen LogP contribution in [-0.2, 0) is 23.3 Å². The van der Waals surface area contributed by atoms with E-state index in [2.05, 4.69) is 102 Å². The van der Waals surface area contributed by atoms with Crippen molar-refractivity contribution in [3.8, 4) is 11.8 Å². The molecular weight excluding hydrogens is 410 g/mol. The van der Waals surface area contributed by atoms with E-state index < -0.39 is 0 Å². The summed E-state index contributed by atoms with van der Waals surface area (Å²) in [6, 6.07) is 12.9. The number of nitrogens with zero attached hydrogens (tertiary/aromatic N) is 2. The summed E-state index contributed by atoms with van der Waals surface area (Å²) in [5.74, 6) is 6.59. The number of allylic oxidation sites excluding steroid dienone is 1. The van der Waals surface area contributed by atoms with Gasteiger partial charge in [-0.05, 0) is 48.7 Å². The van der Waals surface area contributed by atoms with Crippen LogP contribution in [0.5, 0.6) is 0 Å². The molecular formula is C27H31N5O. The average Bonchev–Trinajstić information content (AvgIpc) is 3.17. The fourth-order valence-electron chi connectivity index (χ4n) is 3.70. The first-order chi connectivity index (χ1) is 15.9. The number of anilines is 1. The summed E-state index contributed by atoms with van der Waals surface area (Å²) in [7, 11) is 0. The van der Waals surface area contributed by atoms with E-state index in [1.165, 1.54) is 16.5 Å². The predicted octanol–water partition coefficient (Wildman–Crippen LogP) is 4.80. The molecule has 3 heterocycles. The molecule has 170 valence electrons. The molecule has 0 saturated heterocycles. The van der Waals surface area contributed by atoms with Gasteiger partial charge in [-0.2, -0.15) is 0 Å². The zero-order valence-electron chi connectivity index (χ0n) is 19.7. The highest BCUT2D eigenvalue weighted by Crippen LogP contribution is 2.22. The minimum Gasteiger partial charge on any atom is -0.390 e. The number of hydrogen-bond donors (Lipinski definition) is 3. The largest absolute Gasteiger partial charge is 0.390 e. The first-order valence-electron chi connectivity index (χ1n) is 11.3. The number of rotatable bonds is 6. The van der Waals surface area contributed by atoms with Gasteiger partial charge < -0.3 is 20.0 Å². The number of nitrogens with one attached hydrogen (secondary N) is 3. The van der Waals surface area contributed by atoms with Crippen LogP contribution in [0.3, 0.4) is 0 Å². The molecule has 4 rings (SSSR count). The molecule has 1 aliphatic heterocycles. The maximum atomic E-state index is 4.95. The molecule has 6 heteroatoms. The molecule has 0 atom stereocenters. The summed E-state index contributed by atoms with van der Waals surface area (Å²) in [6.07, 6.45) is 7.18. The normalized spacial score (nSPS) is 12.9. The van der Waals surface area contributed by atoms with Crippen LogP contribution in [0, 0.1) is 11.8 Å². The summed E-state index contributed by atoms with van der Waals surface area (Å²) in [6.45, 7) is 10.8. The van der Waals surface area contributed by atoms with Gasteiger partial charge in [-0.1, -0.05) is 32.8 Å². The van der Waals surface area contributed by atoms with Gasteiger partial charge in [0.05, 0.1) is 36.0 Å². The lowest BCUT2D eigenvalue weighted by molar-refractivity contribution is 0.169. The molecule has 33 heavy (non-hydrogen) atoms. The van der Waals surface area contributed by atoms with Gasteiger partial charge >= 0.3 is 0 Å². The van der Waals surface area contributed by atoms with Gasteiger partial charge in [0.1, 0.15) is 6.26 Å². The number of hydrogen-bond acceptors (Lipinski definition) is 5. The van der Waals surface area contributed by atoms with Crippen molar-refractivity contribution in [2.24, 2.45) is 0 Å². The molecule has 3 N–H and O–H groups in total. The Morgan fingerprint density at radius 3 is 2.70 bits per heavy atom. The Balaban J connectivity index is 1.42. The van der Waals surface area contributed by atoms with Crippen LogP contribution in [0.15, 0.2) is 66.8 Å². The van der Waals surface area contributed by atoms with Gasteiger partial charge in [0.15, 0.2) is 0 Å². The van der Waals surface area contributed by atoms with Crippen LogP contribution in [0.25, 0.3) is 10.9 Å². The smallest absolute Gasteiger partial charge is 0.121 e. The third-order valence-electron chi connectivity index (χ3n) is 5.51. The first kappa shape index (κ1) is 22.3. The summed E-state index contributed by atoms with van der Waals surface area (Å²) < 4.78 is 2.26. The van der Waals surface area contributed by atoms with Gasteiger partial charge in [-0.15, -0.1) is 0 Å². The minimum absolute atomic E-state index is 0.0538. The fraction of sp³-hybridized carbons (Fsp3) is 0.296. The van der Waals surface area contributed by atoms with Crippen molar-refractivity contribution in [2.45, 2.75) is 46.2 Å². The SMILES string of the molecule is CCn1c(C#CCNc2ccc(C(C)(C)C)nc2)cc2cc(CNC3=CNOC=C3)ccc21. The van der Waals surface area contributed by atoms with E-state index in [1.807, 2.05) is 12.3 Å². The first-order valence-corrected chi connectivity index (χ1v) is 11.3. The molecule has 1 aromatic carbocycles. The Bertz CT molecular complexity index is 1230. The van der Waals surface area contributed by atoms with Crippen molar-refractivity contribution >= 4 is 16.6 Å². The third-order valence-corrected chi connectivity index (χ3v) is 5.51. The van der Waals surface area contributed by atoms with E-state index in [-0.39, 0.29) is 5.41 Å². The van der Waals surface area contributed by atoms with Crippen LogP contribution in [0.1, 0.15) is 44.6 Å². The number of fused-ring (bicyclic) bond motifs is 1. The third kappa shape index (κ3) is 5.50. The summed E-state index contributed by atoms with van der Waals surface area (Å²) >= 11 is 0. The lowest BCUT2D eigenvalue weighted by atomic mass is 9.92. The van der Waals surface area contributed by atoms with Crippen molar-refractivity contribution in [3.05, 3.63) is 83.8 Å². The highest BCUT2D eigenvalue weighted by Gasteiger charge is 2.14.